The van der Waals surface area contributed by atoms with Gasteiger partial charge in [0.15, 0.2) is 4.77 Å². The Labute approximate surface area is 137 Å². The van der Waals surface area contributed by atoms with E-state index in [1.54, 1.807) is 53.4 Å². The third-order valence-electron chi connectivity index (χ3n) is 3.43. The molecular formula is C17H14FN3OS. The van der Waals surface area contributed by atoms with Crippen LogP contribution in [0, 0.1) is 10.6 Å². The zero-order valence-corrected chi connectivity index (χ0v) is 12.9. The zero-order chi connectivity index (χ0) is 16.2. The van der Waals surface area contributed by atoms with Gasteiger partial charge in [-0.1, -0.05) is 24.3 Å². The second-order valence-corrected chi connectivity index (χ2v) is 5.35. The van der Waals surface area contributed by atoms with Crippen LogP contribution in [-0.2, 0) is 6.54 Å². The number of halogens is 1. The van der Waals surface area contributed by atoms with Gasteiger partial charge in [-0.2, -0.15) is 0 Å². The van der Waals surface area contributed by atoms with Gasteiger partial charge in [-0.3, -0.25) is 9.36 Å². The number of aromatic nitrogens is 2. The fourth-order valence-electron chi connectivity index (χ4n) is 2.24. The van der Waals surface area contributed by atoms with Crippen LogP contribution < -0.4 is 5.32 Å². The Morgan fingerprint density at radius 1 is 1.22 bits per heavy atom. The van der Waals surface area contributed by atoms with Gasteiger partial charge in [0.2, 0.25) is 0 Å². The molecule has 1 aromatic heterocycles. The van der Waals surface area contributed by atoms with Crippen molar-refractivity contribution < 1.29 is 9.18 Å². The van der Waals surface area contributed by atoms with Crippen LogP contribution in [0.5, 0.6) is 0 Å². The standard InChI is InChI=1S/C17H14FN3OS/c18-15-7-2-1-4-13(15)11-20-16(22)12-5-3-6-14(10-12)21-9-8-19-17(21)23/h1-10H,11H2,(H,19,23)(H,20,22). The molecule has 2 aromatic carbocycles. The minimum atomic E-state index is -0.333. The van der Waals surface area contributed by atoms with E-state index in [0.29, 0.717) is 15.9 Å². The highest BCUT2D eigenvalue weighted by Gasteiger charge is 2.08. The van der Waals surface area contributed by atoms with Gasteiger partial charge in [-0.25, -0.2) is 4.39 Å². The van der Waals surface area contributed by atoms with E-state index in [9.17, 15) is 9.18 Å². The number of nitrogens with one attached hydrogen (secondary N) is 2. The molecular weight excluding hydrogens is 313 g/mol. The molecule has 0 radical (unpaired) electrons. The Balaban J connectivity index is 1.77. The van der Waals surface area contributed by atoms with E-state index < -0.39 is 0 Å². The third kappa shape index (κ3) is 3.37. The first-order valence-electron chi connectivity index (χ1n) is 7.03. The van der Waals surface area contributed by atoms with Gasteiger partial charge in [0.1, 0.15) is 5.82 Å². The van der Waals surface area contributed by atoms with Crippen LogP contribution in [0.2, 0.25) is 0 Å². The van der Waals surface area contributed by atoms with E-state index >= 15 is 0 Å². The van der Waals surface area contributed by atoms with Crippen LogP contribution in [0.3, 0.4) is 0 Å². The number of carbonyl (C=O) groups is 1. The van der Waals surface area contributed by atoms with Crippen molar-refractivity contribution in [2.75, 3.05) is 0 Å². The van der Waals surface area contributed by atoms with E-state index in [1.807, 2.05) is 6.07 Å². The predicted octanol–water partition coefficient (Wildman–Crippen LogP) is 3.60. The van der Waals surface area contributed by atoms with Gasteiger partial charge in [-0.15, -0.1) is 0 Å². The smallest absolute Gasteiger partial charge is 0.251 e. The number of hydrogen-bond donors (Lipinski definition) is 2. The van der Waals surface area contributed by atoms with E-state index in [1.165, 1.54) is 6.07 Å². The topological polar surface area (TPSA) is 49.8 Å². The molecule has 116 valence electrons. The molecule has 1 heterocycles. The highest BCUT2D eigenvalue weighted by atomic mass is 32.1. The molecule has 4 nitrogen and oxygen atoms in total. The summed E-state index contributed by atoms with van der Waals surface area (Å²) in [7, 11) is 0. The van der Waals surface area contributed by atoms with Crippen molar-refractivity contribution >= 4 is 18.1 Å². The maximum Gasteiger partial charge on any atom is 0.251 e. The van der Waals surface area contributed by atoms with E-state index in [4.69, 9.17) is 12.2 Å². The molecule has 6 heteroatoms. The van der Waals surface area contributed by atoms with E-state index in [-0.39, 0.29) is 18.3 Å². The Morgan fingerprint density at radius 3 is 2.78 bits per heavy atom. The van der Waals surface area contributed by atoms with Crippen molar-refractivity contribution in [3.63, 3.8) is 0 Å². The average Bonchev–Trinajstić information content (AvgIpc) is 3.00. The van der Waals surface area contributed by atoms with Crippen molar-refractivity contribution in [1.29, 1.82) is 0 Å². The number of nitrogens with zero attached hydrogens (tertiary/aromatic N) is 1. The van der Waals surface area contributed by atoms with Gasteiger partial charge in [0, 0.05) is 35.8 Å². The summed E-state index contributed by atoms with van der Waals surface area (Å²) < 4.78 is 15.9. The number of imidazole rings is 1. The highest BCUT2D eigenvalue weighted by Crippen LogP contribution is 2.12. The number of hydrogen-bond acceptors (Lipinski definition) is 2. The molecule has 0 fully saturated rings. The Hall–Kier alpha value is -2.73. The minimum Gasteiger partial charge on any atom is -0.348 e. The van der Waals surface area contributed by atoms with Crippen LogP contribution in [0.25, 0.3) is 5.69 Å². The van der Waals surface area contributed by atoms with E-state index in [2.05, 4.69) is 10.3 Å². The van der Waals surface area contributed by atoms with Crippen LogP contribution in [0.15, 0.2) is 60.9 Å². The van der Waals surface area contributed by atoms with Crippen molar-refractivity contribution in [2.45, 2.75) is 6.54 Å². The lowest BCUT2D eigenvalue weighted by Crippen LogP contribution is -2.23. The molecule has 0 aliphatic heterocycles. The zero-order valence-electron chi connectivity index (χ0n) is 12.1. The van der Waals surface area contributed by atoms with Gasteiger partial charge in [0.25, 0.3) is 5.91 Å². The molecule has 0 spiro atoms. The second kappa shape index (κ2) is 6.58. The summed E-state index contributed by atoms with van der Waals surface area (Å²) in [4.78, 5) is 15.2. The molecule has 0 unspecified atom stereocenters. The van der Waals surface area contributed by atoms with E-state index in [0.717, 1.165) is 5.69 Å². The van der Waals surface area contributed by atoms with Gasteiger partial charge in [0.05, 0.1) is 0 Å². The van der Waals surface area contributed by atoms with Crippen molar-refractivity contribution in [3.8, 4) is 5.69 Å². The second-order valence-electron chi connectivity index (χ2n) is 4.96. The number of H-pyrrole nitrogens is 1. The number of benzene rings is 2. The first-order valence-corrected chi connectivity index (χ1v) is 7.44. The number of aromatic amines is 1. The molecule has 3 rings (SSSR count). The summed E-state index contributed by atoms with van der Waals surface area (Å²) in [6, 6.07) is 13.4. The summed E-state index contributed by atoms with van der Waals surface area (Å²) >= 11 is 5.17. The summed E-state index contributed by atoms with van der Waals surface area (Å²) in [5.74, 6) is -0.600. The van der Waals surface area contributed by atoms with Gasteiger partial charge >= 0.3 is 0 Å². The lowest BCUT2D eigenvalue weighted by molar-refractivity contribution is 0.0950. The molecule has 0 aliphatic carbocycles. The predicted molar refractivity (Wildman–Crippen MR) is 88.5 cm³/mol. The van der Waals surface area contributed by atoms with Crippen molar-refractivity contribution in [1.82, 2.24) is 14.9 Å². The van der Waals surface area contributed by atoms with Crippen LogP contribution in [0.4, 0.5) is 4.39 Å². The maximum atomic E-state index is 13.6. The molecule has 23 heavy (non-hydrogen) atoms. The molecule has 3 aromatic rings. The Morgan fingerprint density at radius 2 is 2.04 bits per heavy atom. The maximum absolute atomic E-state index is 13.6. The van der Waals surface area contributed by atoms with Crippen molar-refractivity contribution in [2.24, 2.45) is 0 Å². The fourth-order valence-corrected chi connectivity index (χ4v) is 2.47. The first kappa shape index (κ1) is 15.2. The van der Waals surface area contributed by atoms with Crippen LogP contribution in [-0.4, -0.2) is 15.5 Å². The summed E-state index contributed by atoms with van der Waals surface area (Å²) in [6.45, 7) is 0.138. The monoisotopic (exact) mass is 327 g/mol. The lowest BCUT2D eigenvalue weighted by atomic mass is 10.1. The van der Waals surface area contributed by atoms with Crippen molar-refractivity contribution in [3.05, 3.63) is 82.6 Å². The molecule has 0 aliphatic rings. The third-order valence-corrected chi connectivity index (χ3v) is 3.75. The van der Waals surface area contributed by atoms with Gasteiger partial charge in [-0.05, 0) is 36.5 Å². The largest absolute Gasteiger partial charge is 0.348 e. The molecule has 2 N–H and O–H groups in total. The average molecular weight is 327 g/mol. The minimum absolute atomic E-state index is 0.138. The summed E-state index contributed by atoms with van der Waals surface area (Å²) in [5.41, 5.74) is 1.72. The fraction of sp³-hybridized carbons (Fsp3) is 0.0588. The SMILES string of the molecule is O=C(NCc1ccccc1F)c1cccc(-n2cc[nH]c2=S)c1. The summed E-state index contributed by atoms with van der Waals surface area (Å²) in [5, 5.41) is 2.72. The van der Waals surface area contributed by atoms with Crippen LogP contribution >= 0.6 is 12.2 Å². The normalized spacial score (nSPS) is 10.5. The highest BCUT2D eigenvalue weighted by molar-refractivity contribution is 7.71. The number of carbonyl (C=O) groups excluding carboxylic acids is 1. The summed E-state index contributed by atoms with van der Waals surface area (Å²) in [6.07, 6.45) is 3.52. The Kier molecular flexibility index (Phi) is 4.34. The molecule has 0 atom stereocenters. The Bertz CT molecular complexity index is 900. The molecule has 0 bridgehead atoms. The lowest BCUT2D eigenvalue weighted by Gasteiger charge is -2.08. The molecule has 1 amide bonds. The quantitative estimate of drug-likeness (QED) is 0.719. The number of rotatable bonds is 4. The number of amides is 1. The first-order chi connectivity index (χ1) is 11.1. The van der Waals surface area contributed by atoms with Gasteiger partial charge < -0.3 is 10.3 Å². The van der Waals surface area contributed by atoms with Crippen LogP contribution in [0.1, 0.15) is 15.9 Å². The molecule has 0 saturated carbocycles. The molecule has 0 saturated heterocycles.